The fourth-order valence-corrected chi connectivity index (χ4v) is 5.66. The normalized spacial score (nSPS) is 18.1. The lowest BCUT2D eigenvalue weighted by Crippen LogP contribution is -2.38. The van der Waals surface area contributed by atoms with E-state index in [2.05, 4.69) is 46.6 Å². The summed E-state index contributed by atoms with van der Waals surface area (Å²) in [5, 5.41) is 14.2. The average Bonchev–Trinajstić information content (AvgIpc) is 3.35. The molecule has 4 aromatic rings. The minimum Gasteiger partial charge on any atom is -0.213 e. The van der Waals surface area contributed by atoms with E-state index in [1.165, 1.54) is 27.5 Å². The Bertz CT molecular complexity index is 1280. The quantitative estimate of drug-likeness (QED) is 0.485. The van der Waals surface area contributed by atoms with E-state index in [4.69, 9.17) is 5.10 Å². The van der Waals surface area contributed by atoms with Gasteiger partial charge in [-0.1, -0.05) is 65.9 Å². The molecule has 0 aliphatic carbocycles. The monoisotopic (exact) mass is 439 g/mol. The molecule has 0 radical (unpaired) electrons. The van der Waals surface area contributed by atoms with Gasteiger partial charge in [-0.25, -0.2) is 12.7 Å². The van der Waals surface area contributed by atoms with E-state index in [0.717, 1.165) is 39.8 Å². The molecule has 1 aliphatic heterocycles. The van der Waals surface area contributed by atoms with E-state index >= 15 is 0 Å². The van der Waals surface area contributed by atoms with Gasteiger partial charge in [0.05, 0.1) is 6.26 Å². The number of benzene rings is 2. The molecular formula is C21H21N5O2S2. The van der Waals surface area contributed by atoms with E-state index in [0.29, 0.717) is 13.1 Å². The van der Waals surface area contributed by atoms with Crippen LogP contribution in [0, 0.1) is 0 Å². The molecule has 3 heterocycles. The minimum absolute atomic E-state index is 0.00104. The van der Waals surface area contributed by atoms with Crippen LogP contribution in [0.1, 0.15) is 24.6 Å². The molecule has 5 rings (SSSR count). The van der Waals surface area contributed by atoms with Gasteiger partial charge in [-0.2, -0.15) is 9.61 Å². The third kappa shape index (κ3) is 3.64. The summed E-state index contributed by atoms with van der Waals surface area (Å²) in [6, 6.07) is 18.6. The van der Waals surface area contributed by atoms with Crippen molar-refractivity contribution in [2.24, 2.45) is 0 Å². The van der Waals surface area contributed by atoms with Crippen molar-refractivity contribution >= 4 is 26.3 Å². The molecule has 0 bridgehead atoms. The second-order valence-corrected chi connectivity index (χ2v) is 10.5. The summed E-state index contributed by atoms with van der Waals surface area (Å²) in [4.78, 5) is 0.726. The van der Waals surface area contributed by atoms with Gasteiger partial charge in [-0.05, 0) is 24.0 Å². The fraction of sp³-hybridized carbons (Fsp3) is 0.286. The number of piperidine rings is 1. The standard InChI is InChI=1S/C21H21N5O2S2/c1-30(27,28)25-13-5-8-18(14-25)19-22-23-21-26(19)24-20(29-21)17-11-9-16(10-12-17)15-6-3-2-4-7-15/h2-4,6-7,9-12,18H,5,8,13-14H2,1H3. The molecule has 0 saturated carbocycles. The second-order valence-electron chi connectivity index (χ2n) is 7.56. The highest BCUT2D eigenvalue weighted by molar-refractivity contribution is 7.88. The van der Waals surface area contributed by atoms with Crippen molar-refractivity contribution in [2.45, 2.75) is 18.8 Å². The van der Waals surface area contributed by atoms with Crippen LogP contribution < -0.4 is 0 Å². The summed E-state index contributed by atoms with van der Waals surface area (Å²) in [7, 11) is -3.21. The Hall–Kier alpha value is -2.62. The van der Waals surface area contributed by atoms with Crippen LogP contribution in [0.25, 0.3) is 26.7 Å². The first kappa shape index (κ1) is 19.3. The molecule has 0 N–H and O–H groups in total. The van der Waals surface area contributed by atoms with Gasteiger partial charge < -0.3 is 0 Å². The lowest BCUT2D eigenvalue weighted by Gasteiger charge is -2.29. The summed E-state index contributed by atoms with van der Waals surface area (Å²) in [5.41, 5.74) is 3.36. The van der Waals surface area contributed by atoms with Gasteiger partial charge in [-0.15, -0.1) is 10.2 Å². The van der Waals surface area contributed by atoms with Gasteiger partial charge in [0.1, 0.15) is 5.01 Å². The molecule has 2 aromatic heterocycles. The van der Waals surface area contributed by atoms with E-state index in [9.17, 15) is 8.42 Å². The Balaban J connectivity index is 1.43. The van der Waals surface area contributed by atoms with Crippen LogP contribution >= 0.6 is 11.3 Å². The highest BCUT2D eigenvalue weighted by Gasteiger charge is 2.30. The van der Waals surface area contributed by atoms with Crippen LogP contribution in [-0.2, 0) is 10.0 Å². The Morgan fingerprint density at radius 3 is 2.40 bits per heavy atom. The van der Waals surface area contributed by atoms with E-state index in [-0.39, 0.29) is 5.92 Å². The number of hydrogen-bond donors (Lipinski definition) is 0. The van der Waals surface area contributed by atoms with Crippen LogP contribution in [-0.4, -0.2) is 51.9 Å². The van der Waals surface area contributed by atoms with Crippen molar-refractivity contribution in [3.63, 3.8) is 0 Å². The highest BCUT2D eigenvalue weighted by Crippen LogP contribution is 2.31. The molecule has 0 spiro atoms. The third-order valence-corrected chi connectivity index (χ3v) is 7.69. The first-order chi connectivity index (χ1) is 14.5. The number of aromatic nitrogens is 4. The SMILES string of the molecule is CS(=O)(=O)N1CCCC(c2nnc3sc(-c4ccc(-c5ccccc5)cc4)nn23)C1. The van der Waals surface area contributed by atoms with Crippen LogP contribution in [0.2, 0.25) is 0 Å². The van der Waals surface area contributed by atoms with Crippen LogP contribution in [0.5, 0.6) is 0 Å². The van der Waals surface area contributed by atoms with Crippen molar-refractivity contribution in [1.82, 2.24) is 24.1 Å². The predicted octanol–water partition coefficient (Wildman–Crippen LogP) is 3.66. The molecule has 1 saturated heterocycles. The van der Waals surface area contributed by atoms with Crippen molar-refractivity contribution < 1.29 is 8.42 Å². The molecule has 1 unspecified atom stereocenters. The lowest BCUT2D eigenvalue weighted by molar-refractivity contribution is 0.309. The van der Waals surface area contributed by atoms with Crippen molar-refractivity contribution in [1.29, 1.82) is 0 Å². The number of rotatable bonds is 4. The summed E-state index contributed by atoms with van der Waals surface area (Å²) in [5.74, 6) is 0.737. The topological polar surface area (TPSA) is 80.5 Å². The maximum absolute atomic E-state index is 12.0. The minimum atomic E-state index is -3.21. The Kier molecular flexibility index (Phi) is 4.88. The maximum atomic E-state index is 12.0. The smallest absolute Gasteiger partial charge is 0.213 e. The first-order valence-corrected chi connectivity index (χ1v) is 12.5. The van der Waals surface area contributed by atoms with Crippen molar-refractivity contribution in [3.8, 4) is 21.7 Å². The molecule has 1 fully saturated rings. The van der Waals surface area contributed by atoms with E-state index in [1.54, 1.807) is 4.52 Å². The summed E-state index contributed by atoms with van der Waals surface area (Å²) >= 11 is 1.49. The Morgan fingerprint density at radius 1 is 0.967 bits per heavy atom. The zero-order valence-corrected chi connectivity index (χ0v) is 18.1. The van der Waals surface area contributed by atoms with Gasteiger partial charge in [0, 0.05) is 24.6 Å². The summed E-state index contributed by atoms with van der Waals surface area (Å²) in [6.07, 6.45) is 2.95. The van der Waals surface area contributed by atoms with Crippen LogP contribution in [0.3, 0.4) is 0 Å². The van der Waals surface area contributed by atoms with Crippen LogP contribution in [0.15, 0.2) is 54.6 Å². The molecule has 0 amide bonds. The Morgan fingerprint density at radius 2 is 1.67 bits per heavy atom. The van der Waals surface area contributed by atoms with Crippen molar-refractivity contribution in [2.75, 3.05) is 19.3 Å². The van der Waals surface area contributed by atoms with Gasteiger partial charge in [-0.3, -0.25) is 0 Å². The Labute approximate surface area is 179 Å². The van der Waals surface area contributed by atoms with Gasteiger partial charge >= 0.3 is 0 Å². The molecule has 9 heteroatoms. The fourth-order valence-electron chi connectivity index (χ4n) is 3.89. The van der Waals surface area contributed by atoms with Gasteiger partial charge in [0.25, 0.3) is 0 Å². The average molecular weight is 440 g/mol. The van der Waals surface area contributed by atoms with E-state index in [1.807, 2.05) is 18.2 Å². The molecule has 1 aliphatic rings. The molecule has 7 nitrogen and oxygen atoms in total. The lowest BCUT2D eigenvalue weighted by atomic mass is 9.99. The molecular weight excluding hydrogens is 418 g/mol. The molecule has 154 valence electrons. The zero-order valence-electron chi connectivity index (χ0n) is 16.5. The highest BCUT2D eigenvalue weighted by atomic mass is 32.2. The number of hydrogen-bond acceptors (Lipinski definition) is 6. The second kappa shape index (κ2) is 7.57. The molecule has 2 aromatic carbocycles. The van der Waals surface area contributed by atoms with E-state index < -0.39 is 10.0 Å². The largest absolute Gasteiger partial charge is 0.234 e. The van der Waals surface area contributed by atoms with Crippen molar-refractivity contribution in [3.05, 3.63) is 60.4 Å². The van der Waals surface area contributed by atoms with Gasteiger partial charge in [0.2, 0.25) is 15.0 Å². The number of nitrogens with zero attached hydrogens (tertiary/aromatic N) is 5. The molecule has 30 heavy (non-hydrogen) atoms. The van der Waals surface area contributed by atoms with Crippen LogP contribution in [0.4, 0.5) is 0 Å². The summed E-state index contributed by atoms with van der Waals surface area (Å²) in [6.45, 7) is 0.992. The number of sulfonamides is 1. The van der Waals surface area contributed by atoms with Gasteiger partial charge in [0.15, 0.2) is 5.82 Å². The first-order valence-electron chi connectivity index (χ1n) is 9.82. The molecule has 1 atom stereocenters. The third-order valence-electron chi connectivity index (χ3n) is 5.47. The number of fused-ring (bicyclic) bond motifs is 1. The predicted molar refractivity (Wildman–Crippen MR) is 118 cm³/mol. The summed E-state index contributed by atoms with van der Waals surface area (Å²) < 4.78 is 27.2. The zero-order chi connectivity index (χ0) is 20.7. The maximum Gasteiger partial charge on any atom is 0.234 e.